The minimum atomic E-state index is 0. The van der Waals surface area contributed by atoms with Crippen molar-refractivity contribution in [3.8, 4) is 0 Å². The second kappa shape index (κ2) is 11.9. The van der Waals surface area contributed by atoms with Crippen molar-refractivity contribution >= 4 is 6.21 Å². The van der Waals surface area contributed by atoms with Gasteiger partial charge in [0.25, 0.3) is 0 Å². The van der Waals surface area contributed by atoms with Crippen LogP contribution in [0.25, 0.3) is 0 Å². The third-order valence-electron chi connectivity index (χ3n) is 1.61. The van der Waals surface area contributed by atoms with E-state index < -0.39 is 0 Å². The second-order valence-electron chi connectivity index (χ2n) is 3.11. The molecule has 0 fully saturated rings. The molecule has 0 saturated heterocycles. The van der Waals surface area contributed by atoms with Gasteiger partial charge in [-0.2, -0.15) is 0 Å². The molecule has 0 bridgehead atoms. The number of hydrogen-bond donors (Lipinski definition) is 2. The van der Waals surface area contributed by atoms with E-state index in [9.17, 15) is 0 Å². The van der Waals surface area contributed by atoms with Crippen LogP contribution in [0.1, 0.15) is 18.9 Å². The second-order valence-corrected chi connectivity index (χ2v) is 3.11. The average Bonchev–Trinajstić information content (AvgIpc) is 2.23. The van der Waals surface area contributed by atoms with Crippen molar-refractivity contribution in [2.45, 2.75) is 19.9 Å². The zero-order valence-electron chi connectivity index (χ0n) is 10.0. The summed E-state index contributed by atoms with van der Waals surface area (Å²) in [6.07, 6.45) is 6.48. The molecule has 0 amide bonds. The largest absolute Gasteiger partial charge is 1.00 e. The van der Waals surface area contributed by atoms with Crippen LogP contribution in [-0.2, 0) is 6.54 Å². The molecule has 4 nitrogen and oxygen atoms in total. The number of pyridine rings is 1. The van der Waals surface area contributed by atoms with Crippen molar-refractivity contribution in [3.05, 3.63) is 30.1 Å². The lowest BCUT2D eigenvalue weighted by molar-refractivity contribution is -0.697. The molecular weight excluding hydrogens is 226 g/mol. The van der Waals surface area contributed by atoms with E-state index in [0.29, 0.717) is 0 Å². The molecule has 0 radical (unpaired) electrons. The van der Waals surface area contributed by atoms with Crippen LogP contribution in [-0.4, -0.2) is 25.5 Å². The van der Waals surface area contributed by atoms with Gasteiger partial charge in [-0.1, -0.05) is 12.1 Å². The SMILES string of the molecule is CCC[n+]1ccc(C=NO)cc1.CNC.[Cl-]. The molecule has 16 heavy (non-hydrogen) atoms. The monoisotopic (exact) mass is 245 g/mol. The number of oxime groups is 1. The highest BCUT2D eigenvalue weighted by atomic mass is 35.5. The van der Waals surface area contributed by atoms with E-state index >= 15 is 0 Å². The predicted molar refractivity (Wildman–Crippen MR) is 61.3 cm³/mol. The van der Waals surface area contributed by atoms with E-state index in [1.165, 1.54) is 6.21 Å². The summed E-state index contributed by atoms with van der Waals surface area (Å²) < 4.78 is 2.09. The van der Waals surface area contributed by atoms with Crippen molar-refractivity contribution in [2.24, 2.45) is 5.16 Å². The zero-order valence-corrected chi connectivity index (χ0v) is 10.8. The first-order valence-electron chi connectivity index (χ1n) is 5.03. The molecule has 0 atom stereocenters. The van der Waals surface area contributed by atoms with Crippen LogP contribution < -0.4 is 22.3 Å². The van der Waals surface area contributed by atoms with Crippen LogP contribution in [0.4, 0.5) is 0 Å². The van der Waals surface area contributed by atoms with Crippen LogP contribution in [0.2, 0.25) is 0 Å². The molecule has 2 N–H and O–H groups in total. The molecule has 1 rings (SSSR count). The summed E-state index contributed by atoms with van der Waals surface area (Å²) in [5.41, 5.74) is 0.907. The zero-order chi connectivity index (χ0) is 11.5. The fourth-order valence-corrected chi connectivity index (χ4v) is 1.03. The Morgan fingerprint density at radius 3 is 2.25 bits per heavy atom. The molecule has 0 spiro atoms. The van der Waals surface area contributed by atoms with E-state index in [1.807, 2.05) is 38.6 Å². The maximum absolute atomic E-state index is 8.26. The van der Waals surface area contributed by atoms with Crippen molar-refractivity contribution in [2.75, 3.05) is 14.1 Å². The normalized spacial score (nSPS) is 9.19. The standard InChI is InChI=1S/C9H12N2O.C2H7N.ClH/c1-2-5-11-6-3-9(4-7-11)8-10-12;1-3-2;/h3-4,6-8H,2,5H2,1H3;3H,1-2H3;1H. The fourth-order valence-electron chi connectivity index (χ4n) is 1.03. The van der Waals surface area contributed by atoms with Crippen molar-refractivity contribution in [1.82, 2.24) is 5.32 Å². The Balaban J connectivity index is 0. The van der Waals surface area contributed by atoms with Gasteiger partial charge in [0.1, 0.15) is 6.54 Å². The molecular formula is C11H20ClN3O. The highest BCUT2D eigenvalue weighted by Crippen LogP contribution is 1.90. The van der Waals surface area contributed by atoms with E-state index in [0.717, 1.165) is 18.5 Å². The van der Waals surface area contributed by atoms with Gasteiger partial charge >= 0.3 is 0 Å². The van der Waals surface area contributed by atoms with Gasteiger partial charge in [0.15, 0.2) is 12.4 Å². The smallest absolute Gasteiger partial charge is 0.169 e. The molecule has 5 heteroatoms. The summed E-state index contributed by atoms with van der Waals surface area (Å²) in [5.74, 6) is 0. The Morgan fingerprint density at radius 2 is 1.88 bits per heavy atom. The number of nitrogens with one attached hydrogen (secondary N) is 1. The summed E-state index contributed by atoms with van der Waals surface area (Å²) in [6, 6.07) is 3.82. The van der Waals surface area contributed by atoms with Crippen molar-refractivity contribution in [1.29, 1.82) is 0 Å². The number of halogens is 1. The molecule has 0 aliphatic carbocycles. The molecule has 0 saturated carbocycles. The van der Waals surface area contributed by atoms with Gasteiger partial charge in [-0.3, -0.25) is 0 Å². The Kier molecular flexibility index (Phi) is 12.9. The molecule has 0 unspecified atom stereocenters. The van der Waals surface area contributed by atoms with Crippen molar-refractivity contribution < 1.29 is 22.2 Å². The quantitative estimate of drug-likeness (QED) is 0.281. The van der Waals surface area contributed by atoms with Gasteiger partial charge in [0.05, 0.1) is 6.21 Å². The Labute approximate surface area is 103 Å². The first-order valence-corrected chi connectivity index (χ1v) is 5.03. The molecule has 1 aromatic heterocycles. The van der Waals surface area contributed by atoms with Gasteiger partial charge in [-0.05, 0) is 14.1 Å². The number of aryl methyl sites for hydroxylation is 1. The lowest BCUT2D eigenvalue weighted by Gasteiger charge is -1.92. The average molecular weight is 246 g/mol. The fraction of sp³-hybridized carbons (Fsp3) is 0.455. The van der Waals surface area contributed by atoms with Gasteiger partial charge in [-0.15, -0.1) is 0 Å². The maximum atomic E-state index is 8.26. The van der Waals surface area contributed by atoms with Crippen LogP contribution >= 0.6 is 0 Å². The van der Waals surface area contributed by atoms with Crippen LogP contribution in [0.15, 0.2) is 29.7 Å². The molecule has 0 aromatic carbocycles. The van der Waals surface area contributed by atoms with Gasteiger partial charge < -0.3 is 22.9 Å². The molecule has 0 aliphatic rings. The first-order chi connectivity index (χ1) is 7.28. The summed E-state index contributed by atoms with van der Waals surface area (Å²) in [6.45, 7) is 3.16. The predicted octanol–water partition coefficient (Wildman–Crippen LogP) is -1.97. The Morgan fingerprint density at radius 1 is 1.38 bits per heavy atom. The number of hydrogen-bond acceptors (Lipinski definition) is 3. The molecule has 1 aromatic rings. The highest BCUT2D eigenvalue weighted by molar-refractivity contribution is 5.78. The number of rotatable bonds is 3. The molecule has 1 heterocycles. The summed E-state index contributed by atoms with van der Waals surface area (Å²) in [4.78, 5) is 0. The van der Waals surface area contributed by atoms with E-state index in [1.54, 1.807) is 0 Å². The van der Waals surface area contributed by atoms with E-state index in [-0.39, 0.29) is 12.4 Å². The van der Waals surface area contributed by atoms with Crippen LogP contribution in [0.3, 0.4) is 0 Å². The highest BCUT2D eigenvalue weighted by Gasteiger charge is 1.96. The van der Waals surface area contributed by atoms with Crippen molar-refractivity contribution in [3.63, 3.8) is 0 Å². The summed E-state index contributed by atoms with van der Waals surface area (Å²) >= 11 is 0. The van der Waals surface area contributed by atoms with Gasteiger partial charge in [-0.25, -0.2) is 4.57 Å². The first kappa shape index (κ1) is 17.3. The Bertz CT molecular complexity index is 275. The summed E-state index contributed by atoms with van der Waals surface area (Å²) in [5, 5.41) is 14.0. The topological polar surface area (TPSA) is 48.5 Å². The lowest BCUT2D eigenvalue weighted by Crippen LogP contribution is -3.00. The van der Waals surface area contributed by atoms with E-state index in [4.69, 9.17) is 5.21 Å². The Hall–Kier alpha value is -1.13. The third kappa shape index (κ3) is 8.20. The third-order valence-corrected chi connectivity index (χ3v) is 1.61. The van der Waals surface area contributed by atoms with Crippen LogP contribution in [0, 0.1) is 0 Å². The van der Waals surface area contributed by atoms with E-state index in [2.05, 4.69) is 22.0 Å². The lowest BCUT2D eigenvalue weighted by atomic mass is 10.3. The van der Waals surface area contributed by atoms with Gasteiger partial charge in [0.2, 0.25) is 0 Å². The number of aromatic nitrogens is 1. The molecule has 92 valence electrons. The number of nitrogens with zero attached hydrogens (tertiary/aromatic N) is 2. The summed E-state index contributed by atoms with van der Waals surface area (Å²) in [7, 11) is 3.75. The minimum absolute atomic E-state index is 0. The van der Waals surface area contributed by atoms with Crippen LogP contribution in [0.5, 0.6) is 0 Å². The minimum Gasteiger partial charge on any atom is -1.00 e. The maximum Gasteiger partial charge on any atom is 0.169 e. The molecule has 0 aliphatic heterocycles. The van der Waals surface area contributed by atoms with Gasteiger partial charge in [0, 0.05) is 24.1 Å².